The minimum absolute atomic E-state index is 0.0111. The van der Waals surface area contributed by atoms with Crippen molar-refractivity contribution >= 4 is 58.1 Å². The van der Waals surface area contributed by atoms with Crippen LogP contribution >= 0.6 is 35.4 Å². The van der Waals surface area contributed by atoms with Gasteiger partial charge in [-0.3, -0.25) is 9.59 Å². The summed E-state index contributed by atoms with van der Waals surface area (Å²) < 4.78 is 5.14. The summed E-state index contributed by atoms with van der Waals surface area (Å²) in [6.45, 7) is 0.324. The topological polar surface area (TPSA) is 67.4 Å². The normalized spacial score (nSPS) is 10.2. The highest BCUT2D eigenvalue weighted by atomic mass is 35.5. The highest BCUT2D eigenvalue weighted by Gasteiger charge is 2.10. The zero-order valence-electron chi connectivity index (χ0n) is 15.0. The molecule has 2 aromatic carbocycles. The first-order valence-electron chi connectivity index (χ1n) is 8.69. The van der Waals surface area contributed by atoms with E-state index in [1.807, 2.05) is 30.3 Å². The van der Waals surface area contributed by atoms with Gasteiger partial charge in [0.1, 0.15) is 0 Å². The van der Waals surface area contributed by atoms with Crippen molar-refractivity contribution in [3.63, 3.8) is 0 Å². The number of hydrogen-bond donors (Lipinski definition) is 2. The number of anilines is 1. The van der Waals surface area contributed by atoms with E-state index in [1.165, 1.54) is 5.56 Å². The SMILES string of the molecule is O=C(CCC(=O)OCCCc1ccccc1)NC(=S)Nc1cc(Cl)cc(Cl)c1. The third-order valence-corrected chi connectivity index (χ3v) is 4.29. The van der Waals surface area contributed by atoms with Crippen LogP contribution in [0.4, 0.5) is 5.69 Å². The molecule has 0 bridgehead atoms. The average Bonchev–Trinajstić information content (AvgIpc) is 2.63. The van der Waals surface area contributed by atoms with E-state index in [0.29, 0.717) is 22.3 Å². The summed E-state index contributed by atoms with van der Waals surface area (Å²) in [4.78, 5) is 23.6. The number of rotatable bonds is 8. The van der Waals surface area contributed by atoms with E-state index in [2.05, 4.69) is 10.6 Å². The van der Waals surface area contributed by atoms with Gasteiger partial charge in [-0.25, -0.2) is 0 Å². The Labute approximate surface area is 179 Å². The standard InChI is InChI=1S/C20H20Cl2N2O3S/c21-15-11-16(22)13-17(12-15)23-20(28)24-18(25)8-9-19(26)27-10-4-7-14-5-2-1-3-6-14/h1-3,5-6,11-13H,4,7-10H2,(H2,23,24,25,28). The minimum atomic E-state index is -0.413. The van der Waals surface area contributed by atoms with Crippen molar-refractivity contribution in [2.75, 3.05) is 11.9 Å². The Hall–Kier alpha value is -2.15. The molecule has 5 nitrogen and oxygen atoms in total. The molecule has 8 heteroatoms. The number of esters is 1. The van der Waals surface area contributed by atoms with Crippen LogP contribution in [0.1, 0.15) is 24.8 Å². The number of halogens is 2. The van der Waals surface area contributed by atoms with E-state index in [1.54, 1.807) is 18.2 Å². The average molecular weight is 439 g/mol. The summed E-state index contributed by atoms with van der Waals surface area (Å²) in [5, 5.41) is 6.30. The summed E-state index contributed by atoms with van der Waals surface area (Å²) in [5.41, 5.74) is 1.75. The molecule has 0 aliphatic carbocycles. The van der Waals surface area contributed by atoms with Gasteiger partial charge in [0.25, 0.3) is 0 Å². The van der Waals surface area contributed by atoms with E-state index < -0.39 is 5.97 Å². The van der Waals surface area contributed by atoms with Crippen LogP contribution in [0.15, 0.2) is 48.5 Å². The lowest BCUT2D eigenvalue weighted by molar-refractivity contribution is -0.145. The molecule has 1 amide bonds. The summed E-state index contributed by atoms with van der Waals surface area (Å²) in [5.74, 6) is -0.796. The zero-order chi connectivity index (χ0) is 20.4. The molecule has 0 atom stereocenters. The van der Waals surface area contributed by atoms with Gasteiger partial charge in [-0.05, 0) is 48.8 Å². The van der Waals surface area contributed by atoms with Gasteiger partial charge in [-0.1, -0.05) is 53.5 Å². The molecule has 0 saturated carbocycles. The minimum Gasteiger partial charge on any atom is -0.466 e. The van der Waals surface area contributed by atoms with Crippen LogP contribution in [0.2, 0.25) is 10.0 Å². The summed E-state index contributed by atoms with van der Waals surface area (Å²) >= 11 is 16.9. The molecule has 0 aliphatic heterocycles. The molecular weight excluding hydrogens is 419 g/mol. The van der Waals surface area contributed by atoms with Gasteiger partial charge < -0.3 is 15.4 Å². The molecule has 148 valence electrons. The van der Waals surface area contributed by atoms with E-state index >= 15 is 0 Å². The first kappa shape index (κ1) is 22.1. The van der Waals surface area contributed by atoms with Crippen molar-refractivity contribution in [1.29, 1.82) is 0 Å². The van der Waals surface area contributed by atoms with Crippen LogP contribution in [0, 0.1) is 0 Å². The van der Waals surface area contributed by atoms with Gasteiger partial charge in [0.15, 0.2) is 5.11 Å². The largest absolute Gasteiger partial charge is 0.466 e. The molecule has 0 saturated heterocycles. The molecule has 2 rings (SSSR count). The highest BCUT2D eigenvalue weighted by molar-refractivity contribution is 7.80. The number of carbonyl (C=O) groups excluding carboxylic acids is 2. The van der Waals surface area contributed by atoms with Gasteiger partial charge in [-0.15, -0.1) is 0 Å². The molecule has 0 heterocycles. The van der Waals surface area contributed by atoms with Crippen molar-refractivity contribution in [2.45, 2.75) is 25.7 Å². The number of carbonyl (C=O) groups is 2. The quantitative estimate of drug-likeness (QED) is 0.353. The molecule has 28 heavy (non-hydrogen) atoms. The lowest BCUT2D eigenvalue weighted by Crippen LogP contribution is -2.34. The van der Waals surface area contributed by atoms with Crippen molar-refractivity contribution in [3.05, 3.63) is 64.1 Å². The Bertz CT molecular complexity index is 811. The van der Waals surface area contributed by atoms with E-state index in [-0.39, 0.29) is 23.9 Å². The summed E-state index contributed by atoms with van der Waals surface area (Å²) in [6, 6.07) is 14.8. The smallest absolute Gasteiger partial charge is 0.306 e. The Morgan fingerprint density at radius 1 is 1.00 bits per heavy atom. The number of ether oxygens (including phenoxy) is 1. The number of nitrogens with one attached hydrogen (secondary N) is 2. The number of hydrogen-bond acceptors (Lipinski definition) is 4. The van der Waals surface area contributed by atoms with Crippen molar-refractivity contribution in [1.82, 2.24) is 5.32 Å². The lowest BCUT2D eigenvalue weighted by atomic mass is 10.1. The number of thiocarbonyl (C=S) groups is 1. The Balaban J connectivity index is 1.61. The highest BCUT2D eigenvalue weighted by Crippen LogP contribution is 2.22. The fourth-order valence-electron chi connectivity index (χ4n) is 2.37. The van der Waals surface area contributed by atoms with Crippen molar-refractivity contribution in [2.24, 2.45) is 0 Å². The molecule has 0 unspecified atom stereocenters. The number of aryl methyl sites for hydroxylation is 1. The van der Waals surface area contributed by atoms with Crippen molar-refractivity contribution in [3.8, 4) is 0 Å². The molecule has 0 fully saturated rings. The second-order valence-electron chi connectivity index (χ2n) is 5.97. The number of amides is 1. The maximum Gasteiger partial charge on any atom is 0.306 e. The first-order chi connectivity index (χ1) is 13.4. The monoisotopic (exact) mass is 438 g/mol. The lowest BCUT2D eigenvalue weighted by Gasteiger charge is -2.10. The third-order valence-electron chi connectivity index (χ3n) is 3.65. The fourth-order valence-corrected chi connectivity index (χ4v) is 3.13. The van der Waals surface area contributed by atoms with Crippen LogP contribution in [0.3, 0.4) is 0 Å². The van der Waals surface area contributed by atoms with Gasteiger partial charge in [-0.2, -0.15) is 0 Å². The molecule has 2 aromatic rings. The van der Waals surface area contributed by atoms with Crippen molar-refractivity contribution < 1.29 is 14.3 Å². The second-order valence-corrected chi connectivity index (χ2v) is 7.25. The van der Waals surface area contributed by atoms with Gasteiger partial charge in [0.05, 0.1) is 13.0 Å². The van der Waals surface area contributed by atoms with E-state index in [4.69, 9.17) is 40.2 Å². The second kappa shape index (κ2) is 11.6. The van der Waals surface area contributed by atoms with E-state index in [0.717, 1.165) is 12.8 Å². The molecular formula is C20H20Cl2N2O3S. The Morgan fingerprint density at radius 3 is 2.36 bits per heavy atom. The maximum absolute atomic E-state index is 11.9. The van der Waals surface area contributed by atoms with Gasteiger partial charge in [0, 0.05) is 22.2 Å². The fraction of sp³-hybridized carbons (Fsp3) is 0.250. The Kier molecular flexibility index (Phi) is 9.20. The third kappa shape index (κ3) is 8.69. The van der Waals surface area contributed by atoms with Crippen LogP contribution in [-0.2, 0) is 20.7 Å². The van der Waals surface area contributed by atoms with E-state index in [9.17, 15) is 9.59 Å². The first-order valence-corrected chi connectivity index (χ1v) is 9.85. The van der Waals surface area contributed by atoms with Crippen LogP contribution in [0.25, 0.3) is 0 Å². The zero-order valence-corrected chi connectivity index (χ0v) is 17.4. The Morgan fingerprint density at radius 2 is 1.68 bits per heavy atom. The number of benzene rings is 2. The summed E-state index contributed by atoms with van der Waals surface area (Å²) in [7, 11) is 0. The molecule has 2 N–H and O–H groups in total. The van der Waals surface area contributed by atoms with Gasteiger partial charge in [0.2, 0.25) is 5.91 Å². The molecule has 0 aliphatic rings. The predicted molar refractivity (Wildman–Crippen MR) is 116 cm³/mol. The van der Waals surface area contributed by atoms with Crippen LogP contribution < -0.4 is 10.6 Å². The van der Waals surface area contributed by atoms with Gasteiger partial charge >= 0.3 is 5.97 Å². The van der Waals surface area contributed by atoms with Crippen LogP contribution in [0.5, 0.6) is 0 Å². The molecule has 0 radical (unpaired) electrons. The molecule has 0 aromatic heterocycles. The molecule has 0 spiro atoms. The van der Waals surface area contributed by atoms with Crippen LogP contribution in [-0.4, -0.2) is 23.6 Å². The summed E-state index contributed by atoms with van der Waals surface area (Å²) in [6.07, 6.45) is 1.54. The predicted octanol–water partition coefficient (Wildman–Crippen LogP) is 4.76. The maximum atomic E-state index is 11.9.